The van der Waals surface area contributed by atoms with Gasteiger partial charge in [0.2, 0.25) is 5.91 Å². The van der Waals surface area contributed by atoms with Crippen molar-refractivity contribution >= 4 is 23.2 Å². The van der Waals surface area contributed by atoms with Gasteiger partial charge in [0, 0.05) is 18.3 Å². The van der Waals surface area contributed by atoms with Crippen molar-refractivity contribution in [1.29, 1.82) is 0 Å². The highest BCUT2D eigenvalue weighted by Gasteiger charge is 2.24. The van der Waals surface area contributed by atoms with Crippen LogP contribution in [0.5, 0.6) is 0 Å². The van der Waals surface area contributed by atoms with Gasteiger partial charge >= 0.3 is 0 Å². The second kappa shape index (κ2) is 10.0. The fourth-order valence-corrected chi connectivity index (χ4v) is 3.63. The molecule has 0 bridgehead atoms. The Morgan fingerprint density at radius 2 is 1.75 bits per heavy atom. The first-order valence-electron chi connectivity index (χ1n) is 9.77. The molecule has 6 nitrogen and oxygen atoms in total. The van der Waals surface area contributed by atoms with Gasteiger partial charge in [-0.3, -0.25) is 14.5 Å². The van der Waals surface area contributed by atoms with Gasteiger partial charge in [0.25, 0.3) is 5.91 Å². The highest BCUT2D eigenvalue weighted by Crippen LogP contribution is 2.21. The minimum absolute atomic E-state index is 0.130. The molecule has 6 heteroatoms. The van der Waals surface area contributed by atoms with E-state index < -0.39 is 0 Å². The highest BCUT2D eigenvalue weighted by atomic mass is 16.3. The number of nitrogens with one attached hydrogen (secondary N) is 2. The molecule has 28 heavy (non-hydrogen) atoms. The molecule has 1 heterocycles. The third-order valence-corrected chi connectivity index (χ3v) is 5.04. The van der Waals surface area contributed by atoms with Crippen LogP contribution in [-0.4, -0.2) is 47.6 Å². The number of amides is 2. The van der Waals surface area contributed by atoms with Gasteiger partial charge in [0.1, 0.15) is 0 Å². The Hall–Kier alpha value is -2.70. The van der Waals surface area contributed by atoms with E-state index in [0.717, 1.165) is 25.8 Å². The molecular formula is C22H27N3O3. The molecule has 3 N–H and O–H groups in total. The summed E-state index contributed by atoms with van der Waals surface area (Å²) in [6.07, 6.45) is 3.88. The van der Waals surface area contributed by atoms with Crippen LogP contribution in [0.3, 0.4) is 0 Å². The molecule has 0 saturated carbocycles. The largest absolute Gasteiger partial charge is 0.396 e. The predicted octanol–water partition coefficient (Wildman–Crippen LogP) is 3.11. The molecule has 0 spiro atoms. The van der Waals surface area contributed by atoms with Gasteiger partial charge in [0.05, 0.1) is 17.8 Å². The smallest absolute Gasteiger partial charge is 0.257 e. The zero-order chi connectivity index (χ0) is 19.8. The average Bonchev–Trinajstić information content (AvgIpc) is 2.71. The van der Waals surface area contributed by atoms with Crippen LogP contribution < -0.4 is 10.6 Å². The quantitative estimate of drug-likeness (QED) is 0.688. The van der Waals surface area contributed by atoms with Crippen molar-refractivity contribution in [3.05, 3.63) is 60.2 Å². The SMILES string of the molecule is O=C(CN1CCCCC1CCO)Nc1ccccc1C(=O)Nc1ccccc1. The van der Waals surface area contributed by atoms with Gasteiger partial charge in [-0.15, -0.1) is 0 Å². The second-order valence-corrected chi connectivity index (χ2v) is 7.05. The van der Waals surface area contributed by atoms with Crippen molar-refractivity contribution < 1.29 is 14.7 Å². The van der Waals surface area contributed by atoms with E-state index in [1.165, 1.54) is 0 Å². The maximum Gasteiger partial charge on any atom is 0.257 e. The molecule has 1 aliphatic heterocycles. The van der Waals surface area contributed by atoms with Crippen LogP contribution in [0, 0.1) is 0 Å². The van der Waals surface area contributed by atoms with E-state index in [1.807, 2.05) is 30.3 Å². The molecular weight excluding hydrogens is 354 g/mol. The van der Waals surface area contributed by atoms with Crippen LogP contribution in [-0.2, 0) is 4.79 Å². The van der Waals surface area contributed by atoms with Crippen molar-refractivity contribution in [3.8, 4) is 0 Å². The van der Waals surface area contributed by atoms with Gasteiger partial charge in [-0.25, -0.2) is 0 Å². The van der Waals surface area contributed by atoms with Crippen molar-refractivity contribution in [2.24, 2.45) is 0 Å². The average molecular weight is 381 g/mol. The van der Waals surface area contributed by atoms with Gasteiger partial charge in [-0.1, -0.05) is 36.8 Å². The van der Waals surface area contributed by atoms with Crippen LogP contribution in [0.2, 0.25) is 0 Å². The molecule has 1 saturated heterocycles. The molecule has 1 fully saturated rings. The maximum absolute atomic E-state index is 12.6. The van der Waals surface area contributed by atoms with E-state index in [4.69, 9.17) is 0 Å². The van der Waals surface area contributed by atoms with Crippen molar-refractivity contribution in [3.63, 3.8) is 0 Å². The van der Waals surface area contributed by atoms with Gasteiger partial charge in [0.15, 0.2) is 0 Å². The van der Waals surface area contributed by atoms with E-state index in [2.05, 4.69) is 15.5 Å². The normalized spacial score (nSPS) is 17.1. The number of hydrogen-bond donors (Lipinski definition) is 3. The summed E-state index contributed by atoms with van der Waals surface area (Å²) in [6.45, 7) is 1.25. The Morgan fingerprint density at radius 3 is 2.54 bits per heavy atom. The number of benzene rings is 2. The first-order chi connectivity index (χ1) is 13.7. The number of anilines is 2. The molecule has 1 atom stereocenters. The topological polar surface area (TPSA) is 81.7 Å². The number of aliphatic hydroxyl groups excluding tert-OH is 1. The lowest BCUT2D eigenvalue weighted by Gasteiger charge is -2.34. The number of nitrogens with zero attached hydrogens (tertiary/aromatic N) is 1. The monoisotopic (exact) mass is 381 g/mol. The van der Waals surface area contributed by atoms with E-state index >= 15 is 0 Å². The molecule has 2 aromatic rings. The van der Waals surface area contributed by atoms with E-state index in [-0.39, 0.29) is 31.0 Å². The van der Waals surface area contributed by atoms with Gasteiger partial charge in [-0.2, -0.15) is 0 Å². The van der Waals surface area contributed by atoms with Crippen LogP contribution >= 0.6 is 0 Å². The molecule has 0 aliphatic carbocycles. The summed E-state index contributed by atoms with van der Waals surface area (Å²) < 4.78 is 0. The molecule has 0 radical (unpaired) electrons. The summed E-state index contributed by atoms with van der Waals surface area (Å²) in [4.78, 5) is 27.4. The molecule has 1 aliphatic rings. The van der Waals surface area contributed by atoms with Crippen molar-refractivity contribution in [1.82, 2.24) is 4.90 Å². The lowest BCUT2D eigenvalue weighted by molar-refractivity contribution is -0.118. The Bertz CT molecular complexity index is 793. The Kier molecular flexibility index (Phi) is 7.17. The zero-order valence-electron chi connectivity index (χ0n) is 15.9. The predicted molar refractivity (Wildman–Crippen MR) is 110 cm³/mol. The molecule has 148 valence electrons. The van der Waals surface area contributed by atoms with Crippen LogP contribution in [0.25, 0.3) is 0 Å². The van der Waals surface area contributed by atoms with E-state index in [1.54, 1.807) is 24.3 Å². The van der Waals surface area contributed by atoms with E-state index in [9.17, 15) is 14.7 Å². The van der Waals surface area contributed by atoms with Crippen LogP contribution in [0.15, 0.2) is 54.6 Å². The lowest BCUT2D eigenvalue weighted by atomic mass is 9.99. The third kappa shape index (κ3) is 5.41. The molecule has 2 aromatic carbocycles. The Labute approximate surface area is 165 Å². The number of para-hydroxylation sites is 2. The first-order valence-corrected chi connectivity index (χ1v) is 9.77. The summed E-state index contributed by atoms with van der Waals surface area (Å²) in [7, 11) is 0. The van der Waals surface area contributed by atoms with Gasteiger partial charge < -0.3 is 15.7 Å². The zero-order valence-corrected chi connectivity index (χ0v) is 15.9. The minimum Gasteiger partial charge on any atom is -0.396 e. The van der Waals surface area contributed by atoms with E-state index in [0.29, 0.717) is 23.4 Å². The number of carbonyl (C=O) groups excluding carboxylic acids is 2. The maximum atomic E-state index is 12.6. The van der Waals surface area contributed by atoms with Crippen molar-refractivity contribution in [2.75, 3.05) is 30.3 Å². The summed E-state index contributed by atoms with van der Waals surface area (Å²) >= 11 is 0. The van der Waals surface area contributed by atoms with Crippen LogP contribution in [0.4, 0.5) is 11.4 Å². The number of likely N-dealkylation sites (tertiary alicyclic amines) is 1. The minimum atomic E-state index is -0.266. The molecule has 3 rings (SSSR count). The number of carbonyl (C=O) groups is 2. The number of hydrogen-bond acceptors (Lipinski definition) is 4. The third-order valence-electron chi connectivity index (χ3n) is 5.04. The Morgan fingerprint density at radius 1 is 1.00 bits per heavy atom. The summed E-state index contributed by atoms with van der Waals surface area (Å²) in [5, 5.41) is 15.0. The summed E-state index contributed by atoms with van der Waals surface area (Å²) in [5.41, 5.74) is 1.62. The molecule has 1 unspecified atom stereocenters. The van der Waals surface area contributed by atoms with Crippen LogP contribution in [0.1, 0.15) is 36.0 Å². The number of aliphatic hydroxyl groups is 1. The fourth-order valence-electron chi connectivity index (χ4n) is 3.63. The highest BCUT2D eigenvalue weighted by molar-refractivity contribution is 6.10. The Balaban J connectivity index is 1.65. The van der Waals surface area contributed by atoms with Gasteiger partial charge in [-0.05, 0) is 50.1 Å². The first kappa shape index (κ1) is 20.0. The van der Waals surface area contributed by atoms with Crippen molar-refractivity contribution in [2.45, 2.75) is 31.7 Å². The fraction of sp³-hybridized carbons (Fsp3) is 0.364. The second-order valence-electron chi connectivity index (χ2n) is 7.05. The number of rotatable bonds is 7. The lowest BCUT2D eigenvalue weighted by Crippen LogP contribution is -2.44. The standard InChI is InChI=1S/C22H27N3O3/c26-15-13-18-10-6-7-14-25(18)16-21(27)24-20-12-5-4-11-19(20)22(28)23-17-8-2-1-3-9-17/h1-5,8-9,11-12,18,26H,6-7,10,13-16H2,(H,23,28)(H,24,27). The number of piperidine rings is 1. The summed E-state index contributed by atoms with van der Waals surface area (Å²) in [5.74, 6) is -0.414. The summed E-state index contributed by atoms with van der Waals surface area (Å²) in [6, 6.07) is 16.5. The molecule has 2 amide bonds. The molecule has 0 aromatic heterocycles.